The van der Waals surface area contributed by atoms with Crippen LogP contribution in [0, 0.1) is 0 Å². The third-order valence-electron chi connectivity index (χ3n) is 3.17. The van der Waals surface area contributed by atoms with E-state index in [-0.39, 0.29) is 4.90 Å². The van der Waals surface area contributed by atoms with Crippen LogP contribution in [0.15, 0.2) is 41.8 Å². The summed E-state index contributed by atoms with van der Waals surface area (Å²) in [5.41, 5.74) is 7.09. The smallest absolute Gasteiger partial charge is 0.175 e. The highest BCUT2D eigenvalue weighted by Crippen LogP contribution is 2.22. The normalized spacial score (nSPS) is 11.5. The molecule has 0 fully saturated rings. The summed E-state index contributed by atoms with van der Waals surface area (Å²) >= 11 is 0. The molecule has 114 valence electrons. The van der Waals surface area contributed by atoms with Crippen molar-refractivity contribution in [2.75, 3.05) is 23.9 Å². The van der Waals surface area contributed by atoms with Crippen molar-refractivity contribution in [3.05, 3.63) is 36.9 Å². The van der Waals surface area contributed by atoms with Crippen LogP contribution in [0.5, 0.6) is 0 Å². The van der Waals surface area contributed by atoms with E-state index < -0.39 is 9.84 Å². The first kappa shape index (κ1) is 15.4. The van der Waals surface area contributed by atoms with Gasteiger partial charge in [0.05, 0.1) is 22.6 Å². The Balaban J connectivity index is 1.81. The molecule has 1 aromatic carbocycles. The maximum Gasteiger partial charge on any atom is 0.175 e. The lowest BCUT2D eigenvalue weighted by Gasteiger charge is -2.10. The van der Waals surface area contributed by atoms with Crippen LogP contribution in [0.3, 0.4) is 0 Å². The quantitative estimate of drug-likeness (QED) is 0.601. The molecule has 3 N–H and O–H groups in total. The van der Waals surface area contributed by atoms with Gasteiger partial charge in [-0.15, -0.1) is 0 Å². The van der Waals surface area contributed by atoms with E-state index >= 15 is 0 Å². The molecule has 0 unspecified atom stereocenters. The second kappa shape index (κ2) is 6.62. The summed E-state index contributed by atoms with van der Waals surface area (Å²) in [5, 5.41) is 3.23. The average Bonchev–Trinajstić information content (AvgIpc) is 2.92. The Kier molecular flexibility index (Phi) is 4.85. The van der Waals surface area contributed by atoms with E-state index in [1.165, 1.54) is 12.3 Å². The molecule has 1 heterocycles. The summed E-state index contributed by atoms with van der Waals surface area (Å²) in [4.78, 5) is 4.23. The number of nitrogens with zero attached hydrogens (tertiary/aromatic N) is 2. The van der Waals surface area contributed by atoms with Gasteiger partial charge < -0.3 is 15.6 Å². The van der Waals surface area contributed by atoms with Crippen molar-refractivity contribution in [2.24, 2.45) is 0 Å². The van der Waals surface area contributed by atoms with Crippen LogP contribution in [0.25, 0.3) is 0 Å². The number of benzene rings is 1. The molecule has 1 aromatic heterocycles. The molecule has 0 atom stereocenters. The van der Waals surface area contributed by atoms with Crippen LogP contribution in [0.2, 0.25) is 0 Å². The lowest BCUT2D eigenvalue weighted by atomic mass is 10.2. The summed E-state index contributed by atoms with van der Waals surface area (Å²) in [6.45, 7) is 1.72. The highest BCUT2D eigenvalue weighted by atomic mass is 32.2. The van der Waals surface area contributed by atoms with Gasteiger partial charge in [0.25, 0.3) is 0 Å². The van der Waals surface area contributed by atoms with Crippen molar-refractivity contribution in [3.8, 4) is 0 Å². The Morgan fingerprint density at radius 2 is 2.14 bits per heavy atom. The first-order chi connectivity index (χ1) is 9.97. The summed E-state index contributed by atoms with van der Waals surface area (Å²) in [6, 6.07) is 4.77. The molecule has 0 saturated carbocycles. The van der Waals surface area contributed by atoms with E-state index in [0.717, 1.165) is 31.6 Å². The molecule has 0 radical (unpaired) electrons. The molecule has 0 spiro atoms. The van der Waals surface area contributed by atoms with Gasteiger partial charge in [0.2, 0.25) is 0 Å². The van der Waals surface area contributed by atoms with E-state index in [4.69, 9.17) is 5.73 Å². The summed E-state index contributed by atoms with van der Waals surface area (Å²) in [5.74, 6) is 0. The summed E-state index contributed by atoms with van der Waals surface area (Å²) in [6.07, 6.45) is 8.70. The Morgan fingerprint density at radius 3 is 2.76 bits per heavy atom. The molecule has 2 rings (SSSR count). The molecule has 7 heteroatoms. The van der Waals surface area contributed by atoms with Crippen molar-refractivity contribution in [1.29, 1.82) is 0 Å². The first-order valence-corrected chi connectivity index (χ1v) is 8.65. The maximum atomic E-state index is 11.4. The number of aromatic nitrogens is 2. The zero-order valence-corrected chi connectivity index (χ0v) is 12.8. The van der Waals surface area contributed by atoms with E-state index in [1.807, 2.05) is 10.8 Å². The van der Waals surface area contributed by atoms with Gasteiger partial charge >= 0.3 is 0 Å². The largest absolute Gasteiger partial charge is 0.397 e. The van der Waals surface area contributed by atoms with E-state index in [2.05, 4.69) is 10.3 Å². The molecule has 0 aliphatic rings. The lowest BCUT2D eigenvalue weighted by molar-refractivity contribution is 0.602. The first-order valence-electron chi connectivity index (χ1n) is 6.76. The monoisotopic (exact) mass is 308 g/mol. The third-order valence-corrected chi connectivity index (χ3v) is 4.28. The van der Waals surface area contributed by atoms with Crippen molar-refractivity contribution < 1.29 is 8.42 Å². The van der Waals surface area contributed by atoms with Gasteiger partial charge in [0, 0.05) is 31.7 Å². The number of nitrogens with one attached hydrogen (secondary N) is 1. The number of hydrogen-bond acceptors (Lipinski definition) is 5. The van der Waals surface area contributed by atoms with Crippen molar-refractivity contribution in [3.63, 3.8) is 0 Å². The van der Waals surface area contributed by atoms with Gasteiger partial charge in [-0.1, -0.05) is 0 Å². The van der Waals surface area contributed by atoms with E-state index in [0.29, 0.717) is 5.69 Å². The number of nitrogens with two attached hydrogens (primary N) is 1. The number of rotatable bonds is 7. The molecule has 0 aliphatic carbocycles. The molecule has 0 amide bonds. The lowest BCUT2D eigenvalue weighted by Crippen LogP contribution is -2.07. The van der Waals surface area contributed by atoms with Gasteiger partial charge in [-0.3, -0.25) is 0 Å². The Morgan fingerprint density at radius 1 is 1.33 bits per heavy atom. The van der Waals surface area contributed by atoms with Gasteiger partial charge in [-0.05, 0) is 31.0 Å². The zero-order valence-electron chi connectivity index (χ0n) is 12.0. The number of aryl methyl sites for hydroxylation is 1. The second-order valence-corrected chi connectivity index (χ2v) is 6.97. The topological polar surface area (TPSA) is 90.0 Å². The molecule has 0 aliphatic heterocycles. The number of sulfone groups is 1. The van der Waals surface area contributed by atoms with Gasteiger partial charge in [0.1, 0.15) is 0 Å². The van der Waals surface area contributed by atoms with Crippen LogP contribution in [-0.2, 0) is 16.4 Å². The van der Waals surface area contributed by atoms with Gasteiger partial charge in [-0.25, -0.2) is 13.4 Å². The Labute approximate surface area is 124 Å². The number of anilines is 2. The van der Waals surface area contributed by atoms with Crippen LogP contribution in [0.4, 0.5) is 11.4 Å². The second-order valence-electron chi connectivity index (χ2n) is 4.96. The SMILES string of the molecule is CS(=O)(=O)c1ccc(NCCCCn2ccnc2)c(N)c1. The van der Waals surface area contributed by atoms with Crippen molar-refractivity contribution >= 4 is 21.2 Å². The standard InChI is InChI=1S/C14H20N4O2S/c1-21(19,20)12-4-5-14(13(15)10-12)17-6-2-3-8-18-9-7-16-11-18/h4-5,7,9-11,17H,2-3,6,8,15H2,1H3. The van der Waals surface area contributed by atoms with Crippen LogP contribution in [0.1, 0.15) is 12.8 Å². The molecule has 21 heavy (non-hydrogen) atoms. The minimum atomic E-state index is -3.21. The minimum Gasteiger partial charge on any atom is -0.397 e. The molecular formula is C14H20N4O2S. The Hall–Kier alpha value is -2.02. The predicted molar refractivity (Wildman–Crippen MR) is 83.9 cm³/mol. The summed E-state index contributed by atoms with van der Waals surface area (Å²) in [7, 11) is -3.21. The Bertz CT molecular complexity index is 681. The molecule has 0 saturated heterocycles. The van der Waals surface area contributed by atoms with Gasteiger partial charge in [-0.2, -0.15) is 0 Å². The average molecular weight is 308 g/mol. The van der Waals surface area contributed by atoms with Crippen LogP contribution < -0.4 is 11.1 Å². The maximum absolute atomic E-state index is 11.4. The number of nitrogen functional groups attached to an aromatic ring is 1. The van der Waals surface area contributed by atoms with Crippen molar-refractivity contribution in [2.45, 2.75) is 24.3 Å². The van der Waals surface area contributed by atoms with E-state index in [9.17, 15) is 8.42 Å². The number of imidazole rings is 1. The fraction of sp³-hybridized carbons (Fsp3) is 0.357. The molecule has 2 aromatic rings. The number of unbranched alkanes of at least 4 members (excludes halogenated alkanes) is 1. The molecule has 6 nitrogen and oxygen atoms in total. The molecule has 0 bridgehead atoms. The fourth-order valence-corrected chi connectivity index (χ4v) is 2.65. The van der Waals surface area contributed by atoms with Crippen molar-refractivity contribution in [1.82, 2.24) is 9.55 Å². The molecular weight excluding hydrogens is 288 g/mol. The van der Waals surface area contributed by atoms with Gasteiger partial charge in [0.15, 0.2) is 9.84 Å². The van der Waals surface area contributed by atoms with Crippen LogP contribution in [-0.4, -0.2) is 30.8 Å². The van der Waals surface area contributed by atoms with E-state index in [1.54, 1.807) is 24.7 Å². The minimum absolute atomic E-state index is 0.241. The van der Waals surface area contributed by atoms with Crippen LogP contribution >= 0.6 is 0 Å². The predicted octanol–water partition coefficient (Wildman–Crippen LogP) is 1.76. The summed E-state index contributed by atoms with van der Waals surface area (Å²) < 4.78 is 24.9. The highest BCUT2D eigenvalue weighted by molar-refractivity contribution is 7.90. The third kappa shape index (κ3) is 4.49. The zero-order chi connectivity index (χ0) is 15.3. The fourth-order valence-electron chi connectivity index (χ4n) is 1.99. The highest BCUT2D eigenvalue weighted by Gasteiger charge is 2.09. The number of hydrogen-bond donors (Lipinski definition) is 2.